The Hall–Kier alpha value is -2.24. The minimum atomic E-state index is -0.172. The second-order valence-electron chi connectivity index (χ2n) is 11.5. The van der Waals surface area contributed by atoms with Crippen molar-refractivity contribution in [3.05, 3.63) is 64.4 Å². The second-order valence-corrected chi connectivity index (χ2v) is 11.9. The molecule has 5 nitrogen and oxygen atoms in total. The van der Waals surface area contributed by atoms with E-state index in [1.54, 1.807) is 0 Å². The third-order valence-electron chi connectivity index (χ3n) is 9.66. The van der Waals surface area contributed by atoms with Crippen LogP contribution < -0.4 is 10.3 Å². The largest absolute Gasteiger partial charge is 0.339 e. The van der Waals surface area contributed by atoms with Crippen molar-refractivity contribution in [1.29, 1.82) is 0 Å². The van der Waals surface area contributed by atoms with Gasteiger partial charge in [-0.1, -0.05) is 30.3 Å². The van der Waals surface area contributed by atoms with E-state index in [0.29, 0.717) is 41.5 Å². The van der Waals surface area contributed by atoms with Gasteiger partial charge < -0.3 is 10.2 Å². The van der Waals surface area contributed by atoms with Crippen molar-refractivity contribution in [3.8, 4) is 0 Å². The van der Waals surface area contributed by atoms with Crippen molar-refractivity contribution in [2.45, 2.75) is 75.2 Å². The number of rotatable bonds is 3. The summed E-state index contributed by atoms with van der Waals surface area (Å²) in [5.41, 5.74) is 3.68. The van der Waals surface area contributed by atoms with Crippen LogP contribution in [0.2, 0.25) is 5.15 Å². The Morgan fingerprint density at radius 1 is 1.06 bits per heavy atom. The van der Waals surface area contributed by atoms with Gasteiger partial charge in [-0.05, 0) is 73.6 Å². The molecule has 3 fully saturated rings. The van der Waals surface area contributed by atoms with E-state index < -0.39 is 0 Å². The summed E-state index contributed by atoms with van der Waals surface area (Å²) in [6, 6.07) is 15.1. The van der Waals surface area contributed by atoms with Crippen LogP contribution in [0.1, 0.15) is 74.1 Å². The first-order valence-electron chi connectivity index (χ1n) is 13.8. The zero-order chi connectivity index (χ0) is 24.7. The van der Waals surface area contributed by atoms with Crippen molar-refractivity contribution < 1.29 is 14.6 Å². The topological polar surface area (TPSA) is 63.6 Å². The third kappa shape index (κ3) is 4.28. The molecule has 6 heteroatoms. The predicted molar refractivity (Wildman–Crippen MR) is 140 cm³/mol. The summed E-state index contributed by atoms with van der Waals surface area (Å²) >= 11 is 6.30. The number of carbonyl (C=O) groups is 2. The lowest BCUT2D eigenvalue weighted by atomic mass is 9.64. The number of aromatic amines is 1. The number of nitrogens with one attached hydrogen (secondary N) is 2. The number of Topliss-reactive ketones (excluding diaryl/α,β-unsaturated/α-hetero) is 1. The molecule has 1 saturated carbocycles. The van der Waals surface area contributed by atoms with Gasteiger partial charge in [-0.15, -0.1) is 0 Å². The van der Waals surface area contributed by atoms with Crippen LogP contribution in [-0.4, -0.2) is 42.3 Å². The van der Waals surface area contributed by atoms with Gasteiger partial charge in [0.2, 0.25) is 5.91 Å². The summed E-state index contributed by atoms with van der Waals surface area (Å²) in [6.07, 6.45) is 8.25. The first-order chi connectivity index (χ1) is 17.5. The Bertz CT molecular complexity index is 1130. The zero-order valence-corrected chi connectivity index (χ0v) is 21.7. The molecular weight excluding hydrogens is 470 g/mol. The molecule has 2 aromatic rings. The SMILES string of the molecule is O=C1CCC(C2CC(c3ccccc3)CCN2C(=O)C2CNC[C@]23CCCc2[nH+]c(Cl)ccc23)CC1. The average molecular weight is 507 g/mol. The molecule has 1 aromatic carbocycles. The molecule has 1 amide bonds. The average Bonchev–Trinajstić information content (AvgIpc) is 3.32. The van der Waals surface area contributed by atoms with Crippen LogP contribution in [0.4, 0.5) is 0 Å². The number of carbonyl (C=O) groups excluding carboxylic acids is 2. The first kappa shape index (κ1) is 24.1. The highest BCUT2D eigenvalue weighted by Crippen LogP contribution is 2.47. The molecule has 3 heterocycles. The smallest absolute Gasteiger partial charge is 0.273 e. The highest BCUT2D eigenvalue weighted by molar-refractivity contribution is 6.28. The molecule has 2 saturated heterocycles. The minimum absolute atomic E-state index is 0.0628. The molecule has 2 N–H and O–H groups in total. The van der Waals surface area contributed by atoms with E-state index in [4.69, 9.17) is 11.6 Å². The van der Waals surface area contributed by atoms with Gasteiger partial charge in [0, 0.05) is 62.0 Å². The Balaban J connectivity index is 1.30. The summed E-state index contributed by atoms with van der Waals surface area (Å²) in [6.45, 7) is 2.38. The lowest BCUT2D eigenvalue weighted by molar-refractivity contribution is -0.390. The van der Waals surface area contributed by atoms with Gasteiger partial charge in [-0.3, -0.25) is 9.59 Å². The molecule has 4 aliphatic rings. The van der Waals surface area contributed by atoms with Gasteiger partial charge in [0.15, 0.2) is 5.69 Å². The number of pyridine rings is 1. The molecular formula is C30H37ClN3O2+. The maximum atomic E-state index is 14.5. The highest BCUT2D eigenvalue weighted by atomic mass is 35.5. The number of ketones is 1. The standard InChI is InChI=1S/C30H36ClN3O2/c31-28-13-12-24-26(33-28)7-4-15-30(24)19-32-18-25(30)29(36)34-16-14-22(20-5-2-1-3-6-20)17-27(34)21-8-10-23(35)11-9-21/h1-3,5-6,12-13,21-22,25,27,32H,4,7-11,14-19H2/p+1/t22?,25?,27?,30-/m0/s1. The van der Waals surface area contributed by atoms with Crippen molar-refractivity contribution in [2.24, 2.45) is 11.8 Å². The van der Waals surface area contributed by atoms with Crippen LogP contribution in [-0.2, 0) is 21.4 Å². The molecule has 4 atom stereocenters. The number of hydrogen-bond acceptors (Lipinski definition) is 3. The summed E-state index contributed by atoms with van der Waals surface area (Å²) in [4.78, 5) is 32.2. The number of piperidine rings is 1. The lowest BCUT2D eigenvalue weighted by Crippen LogP contribution is -2.55. The molecule has 0 bridgehead atoms. The van der Waals surface area contributed by atoms with E-state index in [9.17, 15) is 9.59 Å². The van der Waals surface area contributed by atoms with Crippen LogP contribution in [0.25, 0.3) is 0 Å². The molecule has 2 aliphatic carbocycles. The van der Waals surface area contributed by atoms with Gasteiger partial charge in [-0.25, -0.2) is 0 Å². The monoisotopic (exact) mass is 506 g/mol. The maximum absolute atomic E-state index is 14.5. The van der Waals surface area contributed by atoms with Crippen LogP contribution in [0, 0.1) is 11.8 Å². The van der Waals surface area contributed by atoms with Gasteiger partial charge in [0.1, 0.15) is 5.78 Å². The van der Waals surface area contributed by atoms with Crippen molar-refractivity contribution >= 4 is 23.3 Å². The van der Waals surface area contributed by atoms with Crippen LogP contribution in [0.3, 0.4) is 0 Å². The summed E-state index contributed by atoms with van der Waals surface area (Å²) in [5.74, 6) is 1.52. The van der Waals surface area contributed by atoms with E-state index in [1.807, 2.05) is 6.07 Å². The first-order valence-corrected chi connectivity index (χ1v) is 14.2. The minimum Gasteiger partial charge on any atom is -0.339 e. The van der Waals surface area contributed by atoms with Crippen molar-refractivity contribution in [1.82, 2.24) is 10.2 Å². The quantitative estimate of drug-likeness (QED) is 0.624. The molecule has 190 valence electrons. The number of halogens is 1. The van der Waals surface area contributed by atoms with Gasteiger partial charge in [-0.2, -0.15) is 4.98 Å². The molecule has 1 aromatic heterocycles. The maximum Gasteiger partial charge on any atom is 0.273 e. The normalized spacial score (nSPS) is 31.0. The highest BCUT2D eigenvalue weighted by Gasteiger charge is 2.53. The van der Waals surface area contributed by atoms with E-state index in [-0.39, 0.29) is 17.4 Å². The molecule has 0 radical (unpaired) electrons. The Labute approximate surface area is 219 Å². The van der Waals surface area contributed by atoms with Crippen molar-refractivity contribution in [2.75, 3.05) is 19.6 Å². The predicted octanol–water partition coefficient (Wildman–Crippen LogP) is 4.48. The fourth-order valence-electron chi connectivity index (χ4n) is 7.81. The number of amides is 1. The number of benzene rings is 1. The molecule has 36 heavy (non-hydrogen) atoms. The Morgan fingerprint density at radius 3 is 2.67 bits per heavy atom. The van der Waals surface area contributed by atoms with E-state index >= 15 is 0 Å². The molecule has 1 spiro atoms. The lowest BCUT2D eigenvalue weighted by Gasteiger charge is -2.47. The summed E-state index contributed by atoms with van der Waals surface area (Å²) in [7, 11) is 0. The van der Waals surface area contributed by atoms with Crippen LogP contribution >= 0.6 is 11.6 Å². The number of fused-ring (bicyclic) bond motifs is 2. The number of hydrogen-bond donors (Lipinski definition) is 1. The van der Waals surface area contributed by atoms with Gasteiger partial charge >= 0.3 is 0 Å². The third-order valence-corrected chi connectivity index (χ3v) is 9.88. The number of H-pyrrole nitrogens is 1. The van der Waals surface area contributed by atoms with Gasteiger partial charge in [0.05, 0.1) is 5.92 Å². The van der Waals surface area contributed by atoms with E-state index in [2.05, 4.69) is 51.6 Å². The fraction of sp³-hybridized carbons (Fsp3) is 0.567. The van der Waals surface area contributed by atoms with E-state index in [1.165, 1.54) is 16.8 Å². The van der Waals surface area contributed by atoms with Crippen LogP contribution in [0.5, 0.6) is 0 Å². The Kier molecular flexibility index (Phi) is 6.64. The van der Waals surface area contributed by atoms with Gasteiger partial charge in [0.25, 0.3) is 5.15 Å². The Morgan fingerprint density at radius 2 is 1.86 bits per heavy atom. The number of aromatic nitrogens is 1. The summed E-state index contributed by atoms with van der Waals surface area (Å²) in [5, 5.41) is 4.27. The number of likely N-dealkylation sites (tertiary alicyclic amines) is 1. The van der Waals surface area contributed by atoms with Crippen LogP contribution in [0.15, 0.2) is 42.5 Å². The van der Waals surface area contributed by atoms with E-state index in [0.717, 1.165) is 64.6 Å². The number of nitrogens with zero attached hydrogens (tertiary/aromatic N) is 1. The molecule has 2 aliphatic heterocycles. The number of aryl methyl sites for hydroxylation is 1. The van der Waals surface area contributed by atoms with Crippen molar-refractivity contribution in [3.63, 3.8) is 0 Å². The summed E-state index contributed by atoms with van der Waals surface area (Å²) < 4.78 is 0. The zero-order valence-electron chi connectivity index (χ0n) is 21.0. The second kappa shape index (κ2) is 9.90. The molecule has 3 unspecified atom stereocenters. The molecule has 6 rings (SSSR count). The fourth-order valence-corrected chi connectivity index (χ4v) is 7.99.